The fourth-order valence-electron chi connectivity index (χ4n) is 3.20. The summed E-state index contributed by atoms with van der Waals surface area (Å²) in [7, 11) is 0. The number of halogens is 2. The minimum Gasteiger partial charge on any atom is -0.327 e. The van der Waals surface area contributed by atoms with Crippen LogP contribution in [0.2, 0.25) is 0 Å². The molecule has 0 saturated carbocycles. The van der Waals surface area contributed by atoms with Crippen molar-refractivity contribution in [1.82, 2.24) is 19.1 Å². The van der Waals surface area contributed by atoms with Crippen molar-refractivity contribution in [3.8, 4) is 17.5 Å². The maximum atomic E-state index is 9.14. The summed E-state index contributed by atoms with van der Waals surface area (Å²) in [5.74, 6) is 1.81. The number of hydrogen-bond donors (Lipinski definition) is 0. The van der Waals surface area contributed by atoms with Crippen LogP contribution in [-0.4, -0.2) is 19.1 Å². The van der Waals surface area contributed by atoms with E-state index in [4.69, 9.17) is 10.2 Å². The third-order valence-electron chi connectivity index (χ3n) is 4.38. The van der Waals surface area contributed by atoms with E-state index in [0.29, 0.717) is 12.1 Å². The molecular formula is C20H17BrClN5. The van der Waals surface area contributed by atoms with Crippen LogP contribution in [0.3, 0.4) is 0 Å². The van der Waals surface area contributed by atoms with E-state index in [9.17, 15) is 0 Å². The molecule has 136 valence electrons. The van der Waals surface area contributed by atoms with Crippen LogP contribution in [0.4, 0.5) is 0 Å². The summed E-state index contributed by atoms with van der Waals surface area (Å²) in [4.78, 5) is 9.31. The molecule has 0 spiro atoms. The lowest BCUT2D eigenvalue weighted by atomic mass is 10.1. The van der Waals surface area contributed by atoms with Gasteiger partial charge in [0.05, 0.1) is 29.2 Å². The summed E-state index contributed by atoms with van der Waals surface area (Å²) in [6, 6.07) is 15.9. The first kappa shape index (κ1) is 19.2. The number of rotatable bonds is 4. The van der Waals surface area contributed by atoms with Gasteiger partial charge in [0, 0.05) is 29.0 Å². The average Bonchev–Trinajstić information content (AvgIpc) is 3.25. The van der Waals surface area contributed by atoms with Crippen LogP contribution in [-0.2, 0) is 13.1 Å². The van der Waals surface area contributed by atoms with Gasteiger partial charge < -0.3 is 9.13 Å². The standard InChI is InChI=1S/C20H16BrN5.ClH/c1-2-26-18-7-6-16(21)11-17(18)24-19(26)13-25-9-8-23-20(25)15-5-3-4-14(10-15)12-22;/h3-11H,2,13H2,1H3;1H. The summed E-state index contributed by atoms with van der Waals surface area (Å²) in [6.07, 6.45) is 3.73. The Morgan fingerprint density at radius 2 is 2.04 bits per heavy atom. The normalized spacial score (nSPS) is 10.6. The molecule has 0 N–H and O–H groups in total. The van der Waals surface area contributed by atoms with Crippen LogP contribution >= 0.6 is 28.3 Å². The van der Waals surface area contributed by atoms with Crippen molar-refractivity contribution in [2.75, 3.05) is 0 Å². The van der Waals surface area contributed by atoms with Gasteiger partial charge >= 0.3 is 0 Å². The van der Waals surface area contributed by atoms with Gasteiger partial charge in [-0.25, -0.2) is 9.97 Å². The Labute approximate surface area is 171 Å². The molecule has 0 amide bonds. The van der Waals surface area contributed by atoms with Crippen molar-refractivity contribution in [2.45, 2.75) is 20.0 Å². The molecule has 0 bridgehead atoms. The van der Waals surface area contributed by atoms with E-state index in [2.05, 4.69) is 49.1 Å². The van der Waals surface area contributed by atoms with Crippen LogP contribution in [0.15, 0.2) is 59.3 Å². The lowest BCUT2D eigenvalue weighted by Crippen LogP contribution is -2.08. The highest BCUT2D eigenvalue weighted by Gasteiger charge is 2.13. The van der Waals surface area contributed by atoms with E-state index in [0.717, 1.165) is 39.3 Å². The van der Waals surface area contributed by atoms with E-state index in [1.807, 2.05) is 36.5 Å². The fraction of sp³-hybridized carbons (Fsp3) is 0.150. The van der Waals surface area contributed by atoms with Gasteiger partial charge in [-0.05, 0) is 37.3 Å². The van der Waals surface area contributed by atoms with E-state index < -0.39 is 0 Å². The van der Waals surface area contributed by atoms with Crippen molar-refractivity contribution in [3.05, 3.63) is 70.7 Å². The first-order chi connectivity index (χ1) is 12.7. The van der Waals surface area contributed by atoms with E-state index in [1.165, 1.54) is 0 Å². The third kappa shape index (κ3) is 3.61. The van der Waals surface area contributed by atoms with Gasteiger partial charge in [-0.2, -0.15) is 5.26 Å². The molecule has 2 aromatic carbocycles. The fourth-order valence-corrected chi connectivity index (χ4v) is 3.55. The predicted octanol–water partition coefficient (Wildman–Crippen LogP) is 5.02. The molecule has 2 heterocycles. The minimum atomic E-state index is 0. The molecule has 27 heavy (non-hydrogen) atoms. The number of imidazole rings is 2. The average molecular weight is 443 g/mol. The molecule has 0 saturated heterocycles. The molecule has 0 aliphatic carbocycles. The number of hydrogen-bond acceptors (Lipinski definition) is 3. The third-order valence-corrected chi connectivity index (χ3v) is 4.88. The minimum absolute atomic E-state index is 0. The smallest absolute Gasteiger partial charge is 0.140 e. The van der Waals surface area contributed by atoms with E-state index in [1.54, 1.807) is 12.3 Å². The van der Waals surface area contributed by atoms with Crippen LogP contribution in [0.1, 0.15) is 18.3 Å². The quantitative estimate of drug-likeness (QED) is 0.446. The number of aryl methyl sites for hydroxylation is 1. The Morgan fingerprint density at radius 3 is 2.81 bits per heavy atom. The van der Waals surface area contributed by atoms with Gasteiger partial charge in [-0.15, -0.1) is 12.4 Å². The number of aromatic nitrogens is 4. The summed E-state index contributed by atoms with van der Waals surface area (Å²) in [5, 5.41) is 9.14. The molecule has 4 aromatic rings. The van der Waals surface area contributed by atoms with Gasteiger partial charge in [0.1, 0.15) is 11.6 Å². The summed E-state index contributed by atoms with van der Waals surface area (Å²) < 4.78 is 5.31. The molecule has 0 aliphatic rings. The Balaban J connectivity index is 0.00000210. The van der Waals surface area contributed by atoms with Crippen molar-refractivity contribution in [2.24, 2.45) is 0 Å². The highest BCUT2D eigenvalue weighted by molar-refractivity contribution is 9.10. The number of nitrogens with zero attached hydrogens (tertiary/aromatic N) is 5. The summed E-state index contributed by atoms with van der Waals surface area (Å²) in [6.45, 7) is 3.59. The second-order valence-corrected chi connectivity index (χ2v) is 6.89. The second kappa shape index (κ2) is 7.95. The monoisotopic (exact) mass is 441 g/mol. The Bertz CT molecular complexity index is 1140. The van der Waals surface area contributed by atoms with Gasteiger partial charge in [0.2, 0.25) is 0 Å². The van der Waals surface area contributed by atoms with Crippen LogP contribution in [0, 0.1) is 11.3 Å². The molecule has 0 aliphatic heterocycles. The zero-order valence-electron chi connectivity index (χ0n) is 14.6. The maximum Gasteiger partial charge on any atom is 0.140 e. The van der Waals surface area contributed by atoms with Gasteiger partial charge in [-0.3, -0.25) is 0 Å². The molecule has 5 nitrogen and oxygen atoms in total. The lowest BCUT2D eigenvalue weighted by molar-refractivity contribution is 0.667. The Morgan fingerprint density at radius 1 is 1.19 bits per heavy atom. The zero-order chi connectivity index (χ0) is 18.1. The Kier molecular flexibility index (Phi) is 5.64. The van der Waals surface area contributed by atoms with E-state index in [-0.39, 0.29) is 12.4 Å². The van der Waals surface area contributed by atoms with Gasteiger partial charge in [0.25, 0.3) is 0 Å². The molecule has 0 radical (unpaired) electrons. The zero-order valence-corrected chi connectivity index (χ0v) is 17.0. The highest BCUT2D eigenvalue weighted by Crippen LogP contribution is 2.23. The highest BCUT2D eigenvalue weighted by atomic mass is 79.9. The first-order valence-corrected chi connectivity index (χ1v) is 9.15. The van der Waals surface area contributed by atoms with Crippen molar-refractivity contribution in [3.63, 3.8) is 0 Å². The molecule has 4 rings (SSSR count). The number of benzene rings is 2. The van der Waals surface area contributed by atoms with Crippen LogP contribution in [0.5, 0.6) is 0 Å². The largest absolute Gasteiger partial charge is 0.327 e. The van der Waals surface area contributed by atoms with E-state index >= 15 is 0 Å². The van der Waals surface area contributed by atoms with Gasteiger partial charge in [-0.1, -0.05) is 28.1 Å². The summed E-state index contributed by atoms with van der Waals surface area (Å²) >= 11 is 3.51. The molecule has 0 unspecified atom stereocenters. The van der Waals surface area contributed by atoms with Crippen molar-refractivity contribution < 1.29 is 0 Å². The molecule has 0 fully saturated rings. The molecule has 7 heteroatoms. The van der Waals surface area contributed by atoms with Crippen molar-refractivity contribution in [1.29, 1.82) is 5.26 Å². The number of nitriles is 1. The predicted molar refractivity (Wildman–Crippen MR) is 112 cm³/mol. The topological polar surface area (TPSA) is 59.4 Å². The van der Waals surface area contributed by atoms with Crippen LogP contribution in [0.25, 0.3) is 22.4 Å². The summed E-state index contributed by atoms with van der Waals surface area (Å²) in [5.41, 5.74) is 3.65. The molecule has 2 aromatic heterocycles. The van der Waals surface area contributed by atoms with Crippen LogP contribution < -0.4 is 0 Å². The molecular weight excluding hydrogens is 426 g/mol. The molecule has 0 atom stereocenters. The Hall–Kier alpha value is -2.62. The SMILES string of the molecule is CCn1c(Cn2ccnc2-c2cccc(C#N)c2)nc2cc(Br)ccc21.Cl. The number of fused-ring (bicyclic) bond motifs is 1. The second-order valence-electron chi connectivity index (χ2n) is 5.98. The van der Waals surface area contributed by atoms with Crippen molar-refractivity contribution >= 4 is 39.4 Å². The van der Waals surface area contributed by atoms with Gasteiger partial charge in [0.15, 0.2) is 0 Å². The lowest BCUT2D eigenvalue weighted by Gasteiger charge is -2.10. The first-order valence-electron chi connectivity index (χ1n) is 8.36. The maximum absolute atomic E-state index is 9.14.